The fraction of sp³-hybridized carbons (Fsp3) is 0.294. The Hall–Kier alpha value is -0.290. The third-order valence-electron chi connectivity index (χ3n) is 4.21. The molecule has 0 saturated heterocycles. The van der Waals surface area contributed by atoms with Crippen molar-refractivity contribution < 1.29 is 0 Å². The van der Waals surface area contributed by atoms with Gasteiger partial charge in [0.2, 0.25) is 0 Å². The van der Waals surface area contributed by atoms with Crippen LogP contribution in [-0.4, -0.2) is 19.0 Å². The summed E-state index contributed by atoms with van der Waals surface area (Å²) in [6.45, 7) is 0. The summed E-state index contributed by atoms with van der Waals surface area (Å²) in [6, 6.07) is 13.2. The van der Waals surface area contributed by atoms with Crippen molar-refractivity contribution in [3.63, 3.8) is 0 Å². The van der Waals surface area contributed by atoms with Gasteiger partial charge in [-0.15, -0.1) is 0 Å². The van der Waals surface area contributed by atoms with E-state index < -0.39 is 0 Å². The maximum absolute atomic E-state index is 6.20. The molecule has 0 fully saturated rings. The fourth-order valence-electron chi connectivity index (χ4n) is 3.16. The standard InChI is InChI=1S/C17H16Cl2IN/c1-21(2)17-9-13(10-3-6-15(18)16(19)7-10)12-5-4-11(20)8-14(12)17/h3-8,13,17H,9H2,1-2H3/t13-,17+/m1/s1. The van der Waals surface area contributed by atoms with E-state index in [4.69, 9.17) is 23.2 Å². The monoisotopic (exact) mass is 431 g/mol. The zero-order chi connectivity index (χ0) is 15.1. The number of rotatable bonds is 2. The molecule has 2 atom stereocenters. The average molecular weight is 432 g/mol. The summed E-state index contributed by atoms with van der Waals surface area (Å²) in [5, 5.41) is 1.25. The van der Waals surface area contributed by atoms with Gasteiger partial charge in [0.15, 0.2) is 0 Å². The Kier molecular flexibility index (Phi) is 4.51. The summed E-state index contributed by atoms with van der Waals surface area (Å²) < 4.78 is 1.29. The van der Waals surface area contributed by atoms with Gasteiger partial charge in [0, 0.05) is 15.5 Å². The van der Waals surface area contributed by atoms with Crippen LogP contribution < -0.4 is 0 Å². The van der Waals surface area contributed by atoms with E-state index in [1.807, 2.05) is 12.1 Å². The minimum Gasteiger partial charge on any atom is -0.302 e. The Labute approximate surface area is 149 Å². The molecule has 3 rings (SSSR count). The first kappa shape index (κ1) is 15.6. The molecule has 1 aliphatic carbocycles. The van der Waals surface area contributed by atoms with E-state index >= 15 is 0 Å². The van der Waals surface area contributed by atoms with Gasteiger partial charge in [-0.05, 0) is 84.1 Å². The number of halogens is 3. The van der Waals surface area contributed by atoms with Gasteiger partial charge in [-0.2, -0.15) is 0 Å². The highest BCUT2D eigenvalue weighted by atomic mass is 127. The van der Waals surface area contributed by atoms with E-state index in [1.165, 1.54) is 20.3 Å². The molecule has 0 heterocycles. The molecule has 2 aromatic rings. The summed E-state index contributed by atoms with van der Waals surface area (Å²) in [4.78, 5) is 2.30. The van der Waals surface area contributed by atoms with Gasteiger partial charge in [0.1, 0.15) is 0 Å². The fourth-order valence-corrected chi connectivity index (χ4v) is 3.98. The SMILES string of the molecule is CN(C)[C@H]1C[C@H](c2ccc(Cl)c(Cl)c2)c2ccc(I)cc21. The molecule has 0 bridgehead atoms. The van der Waals surface area contributed by atoms with E-state index in [2.05, 4.69) is 65.9 Å². The molecule has 21 heavy (non-hydrogen) atoms. The molecule has 0 aromatic heterocycles. The van der Waals surface area contributed by atoms with Gasteiger partial charge in [-0.1, -0.05) is 35.3 Å². The third-order valence-corrected chi connectivity index (χ3v) is 5.62. The first-order chi connectivity index (χ1) is 9.97. The smallest absolute Gasteiger partial charge is 0.0595 e. The molecule has 110 valence electrons. The van der Waals surface area contributed by atoms with Crippen LogP contribution in [0.1, 0.15) is 35.1 Å². The van der Waals surface area contributed by atoms with Crippen molar-refractivity contribution in [1.29, 1.82) is 0 Å². The Morgan fingerprint density at radius 2 is 1.76 bits per heavy atom. The Bertz CT molecular complexity index is 684. The minimum absolute atomic E-state index is 0.388. The molecule has 0 amide bonds. The van der Waals surface area contributed by atoms with Gasteiger partial charge in [0.25, 0.3) is 0 Å². The van der Waals surface area contributed by atoms with Gasteiger partial charge < -0.3 is 4.90 Å². The Morgan fingerprint density at radius 1 is 1.00 bits per heavy atom. The van der Waals surface area contributed by atoms with Crippen LogP contribution >= 0.6 is 45.8 Å². The lowest BCUT2D eigenvalue weighted by Crippen LogP contribution is -2.17. The van der Waals surface area contributed by atoms with E-state index in [0.717, 1.165) is 6.42 Å². The highest BCUT2D eigenvalue weighted by Gasteiger charge is 2.33. The molecule has 1 aliphatic rings. The van der Waals surface area contributed by atoms with Crippen molar-refractivity contribution in [2.45, 2.75) is 18.4 Å². The zero-order valence-electron chi connectivity index (χ0n) is 11.9. The molecular weight excluding hydrogens is 416 g/mol. The lowest BCUT2D eigenvalue weighted by Gasteiger charge is -2.20. The van der Waals surface area contributed by atoms with E-state index in [-0.39, 0.29) is 0 Å². The van der Waals surface area contributed by atoms with E-state index in [0.29, 0.717) is 22.0 Å². The number of benzene rings is 2. The highest BCUT2D eigenvalue weighted by molar-refractivity contribution is 14.1. The topological polar surface area (TPSA) is 3.24 Å². The Morgan fingerprint density at radius 3 is 2.43 bits per heavy atom. The molecule has 0 radical (unpaired) electrons. The van der Waals surface area contributed by atoms with Crippen LogP contribution in [-0.2, 0) is 0 Å². The van der Waals surface area contributed by atoms with E-state index in [1.54, 1.807) is 0 Å². The molecule has 0 unspecified atom stereocenters. The average Bonchev–Trinajstić information content (AvgIpc) is 2.80. The van der Waals surface area contributed by atoms with Gasteiger partial charge >= 0.3 is 0 Å². The summed E-state index contributed by atoms with van der Waals surface area (Å²) in [5.41, 5.74) is 4.09. The van der Waals surface area contributed by atoms with Crippen LogP contribution in [0.3, 0.4) is 0 Å². The highest BCUT2D eigenvalue weighted by Crippen LogP contribution is 2.47. The number of hydrogen-bond donors (Lipinski definition) is 0. The quantitative estimate of drug-likeness (QED) is 0.548. The number of hydrogen-bond acceptors (Lipinski definition) is 1. The minimum atomic E-state index is 0.388. The van der Waals surface area contributed by atoms with Crippen molar-refractivity contribution in [1.82, 2.24) is 4.90 Å². The summed E-state index contributed by atoms with van der Waals surface area (Å²) in [5.74, 6) is 0.388. The lowest BCUT2D eigenvalue weighted by atomic mass is 9.93. The van der Waals surface area contributed by atoms with Crippen molar-refractivity contribution in [2.24, 2.45) is 0 Å². The van der Waals surface area contributed by atoms with Crippen LogP contribution in [0.15, 0.2) is 36.4 Å². The molecule has 0 spiro atoms. The predicted molar refractivity (Wildman–Crippen MR) is 98.5 cm³/mol. The van der Waals surface area contributed by atoms with Crippen molar-refractivity contribution >= 4 is 45.8 Å². The van der Waals surface area contributed by atoms with Crippen molar-refractivity contribution in [3.05, 3.63) is 66.7 Å². The molecule has 0 saturated carbocycles. The molecule has 0 N–H and O–H groups in total. The summed E-state index contributed by atoms with van der Waals surface area (Å²) in [7, 11) is 4.29. The van der Waals surface area contributed by atoms with Crippen molar-refractivity contribution in [3.8, 4) is 0 Å². The maximum atomic E-state index is 6.20. The molecule has 1 nitrogen and oxygen atoms in total. The normalized spacial score (nSPS) is 20.9. The largest absolute Gasteiger partial charge is 0.302 e. The summed E-state index contributed by atoms with van der Waals surface area (Å²) in [6.07, 6.45) is 1.08. The van der Waals surface area contributed by atoms with Crippen LogP contribution in [0, 0.1) is 3.57 Å². The predicted octanol–water partition coefficient (Wildman–Crippen LogP) is 5.74. The molecule has 2 aromatic carbocycles. The zero-order valence-corrected chi connectivity index (χ0v) is 15.6. The van der Waals surface area contributed by atoms with Crippen LogP contribution in [0.5, 0.6) is 0 Å². The van der Waals surface area contributed by atoms with Crippen LogP contribution in [0.25, 0.3) is 0 Å². The van der Waals surface area contributed by atoms with Gasteiger partial charge in [-0.3, -0.25) is 0 Å². The second kappa shape index (κ2) is 6.07. The third kappa shape index (κ3) is 2.96. The second-order valence-electron chi connectivity index (χ2n) is 5.71. The van der Waals surface area contributed by atoms with Crippen molar-refractivity contribution in [2.75, 3.05) is 14.1 Å². The maximum Gasteiger partial charge on any atom is 0.0595 e. The number of nitrogens with zero attached hydrogens (tertiary/aromatic N) is 1. The van der Waals surface area contributed by atoms with Gasteiger partial charge in [0.05, 0.1) is 10.0 Å². The lowest BCUT2D eigenvalue weighted by molar-refractivity contribution is 0.293. The number of fused-ring (bicyclic) bond motifs is 1. The molecular formula is C17H16Cl2IN. The first-order valence-corrected chi connectivity index (χ1v) is 8.71. The second-order valence-corrected chi connectivity index (χ2v) is 7.77. The first-order valence-electron chi connectivity index (χ1n) is 6.88. The van der Waals surface area contributed by atoms with Crippen LogP contribution in [0.2, 0.25) is 10.0 Å². The van der Waals surface area contributed by atoms with Gasteiger partial charge in [-0.25, -0.2) is 0 Å². The Balaban J connectivity index is 2.07. The molecule has 0 aliphatic heterocycles. The van der Waals surface area contributed by atoms with E-state index in [9.17, 15) is 0 Å². The summed E-state index contributed by atoms with van der Waals surface area (Å²) >= 11 is 14.6. The molecule has 4 heteroatoms. The van der Waals surface area contributed by atoms with Crippen LogP contribution in [0.4, 0.5) is 0 Å².